The lowest BCUT2D eigenvalue weighted by atomic mass is 10.1. The Kier molecular flexibility index (Phi) is 10.1. The highest BCUT2D eigenvalue weighted by Gasteiger charge is 2.28. The summed E-state index contributed by atoms with van der Waals surface area (Å²) < 4.78 is 0. The normalized spacial score (nSPS) is 11.9. The summed E-state index contributed by atoms with van der Waals surface area (Å²) in [6, 6.07) is 16.0. The molecule has 2 aromatic carbocycles. The molecule has 31 heavy (non-hydrogen) atoms. The summed E-state index contributed by atoms with van der Waals surface area (Å²) in [6.07, 6.45) is 0.587. The van der Waals surface area contributed by atoms with Crippen LogP contribution in [0.3, 0.4) is 0 Å². The molecule has 0 aromatic heterocycles. The molecule has 0 aliphatic heterocycles. The Morgan fingerprint density at radius 2 is 1.71 bits per heavy atom. The molecule has 1 N–H and O–H groups in total. The van der Waals surface area contributed by atoms with E-state index in [1.165, 1.54) is 11.1 Å². The molecule has 0 heterocycles. The Morgan fingerprint density at radius 1 is 1.03 bits per heavy atom. The van der Waals surface area contributed by atoms with Crippen molar-refractivity contribution in [2.75, 3.05) is 12.3 Å². The minimum atomic E-state index is -0.467. The lowest BCUT2D eigenvalue weighted by Gasteiger charge is -2.31. The van der Waals surface area contributed by atoms with E-state index in [0.29, 0.717) is 31.2 Å². The number of carbonyl (C=O) groups is 2. The average Bonchev–Trinajstić information content (AvgIpc) is 2.74. The van der Waals surface area contributed by atoms with Gasteiger partial charge in [0.05, 0.1) is 5.75 Å². The van der Waals surface area contributed by atoms with Gasteiger partial charge in [-0.15, -0.1) is 11.8 Å². The van der Waals surface area contributed by atoms with Crippen LogP contribution >= 0.6 is 11.8 Å². The van der Waals surface area contributed by atoms with Gasteiger partial charge in [-0.1, -0.05) is 74.9 Å². The third-order valence-corrected chi connectivity index (χ3v) is 6.28. The summed E-state index contributed by atoms with van der Waals surface area (Å²) in [5.41, 5.74) is 4.64. The Labute approximate surface area is 191 Å². The monoisotopic (exact) mass is 440 g/mol. The predicted octanol–water partition coefficient (Wildman–Crippen LogP) is 5.12. The van der Waals surface area contributed by atoms with Gasteiger partial charge in [0.15, 0.2) is 0 Å². The van der Waals surface area contributed by atoms with Crippen LogP contribution in [-0.4, -0.2) is 35.1 Å². The van der Waals surface area contributed by atoms with Crippen LogP contribution in [0.1, 0.15) is 49.4 Å². The summed E-state index contributed by atoms with van der Waals surface area (Å²) in [7, 11) is 0. The second kappa shape index (κ2) is 12.6. The molecule has 2 rings (SSSR count). The van der Waals surface area contributed by atoms with E-state index >= 15 is 0 Å². The minimum Gasteiger partial charge on any atom is -0.354 e. The summed E-state index contributed by atoms with van der Waals surface area (Å²) in [5, 5.41) is 3.02. The van der Waals surface area contributed by atoms with Crippen molar-refractivity contribution in [3.63, 3.8) is 0 Å². The molecule has 0 radical (unpaired) electrons. The second-order valence-corrected chi connectivity index (χ2v) is 9.48. The van der Waals surface area contributed by atoms with Crippen LogP contribution in [0.2, 0.25) is 0 Å². The summed E-state index contributed by atoms with van der Waals surface area (Å²) >= 11 is 1.60. The van der Waals surface area contributed by atoms with Crippen LogP contribution in [0.5, 0.6) is 0 Å². The van der Waals surface area contributed by atoms with E-state index in [4.69, 9.17) is 0 Å². The molecule has 2 aromatic rings. The summed E-state index contributed by atoms with van der Waals surface area (Å²) in [5.74, 6) is 1.44. The van der Waals surface area contributed by atoms with Crippen LogP contribution < -0.4 is 5.32 Å². The number of hydrogen-bond donors (Lipinski definition) is 1. The molecule has 0 bridgehead atoms. The SMILES string of the molecule is CCC(C(=O)NCC(C)C)N(Cc1ccccc1C)C(=O)CSCc1ccc(C)cc1. The van der Waals surface area contributed by atoms with E-state index in [2.05, 4.69) is 50.4 Å². The average molecular weight is 441 g/mol. The van der Waals surface area contributed by atoms with Crippen LogP contribution in [0.25, 0.3) is 0 Å². The van der Waals surface area contributed by atoms with E-state index in [-0.39, 0.29) is 11.8 Å². The molecule has 0 saturated carbocycles. The largest absolute Gasteiger partial charge is 0.354 e. The first-order valence-corrected chi connectivity index (χ1v) is 12.2. The maximum atomic E-state index is 13.3. The van der Waals surface area contributed by atoms with Crippen molar-refractivity contribution in [1.29, 1.82) is 0 Å². The molecular weight excluding hydrogens is 404 g/mol. The maximum absolute atomic E-state index is 13.3. The van der Waals surface area contributed by atoms with Gasteiger partial charge in [0, 0.05) is 18.8 Å². The van der Waals surface area contributed by atoms with Crippen LogP contribution in [0.15, 0.2) is 48.5 Å². The van der Waals surface area contributed by atoms with Gasteiger partial charge < -0.3 is 10.2 Å². The smallest absolute Gasteiger partial charge is 0.242 e. The standard InChI is InChI=1S/C26H36N2O2S/c1-6-24(26(30)27-15-19(2)3)28(16-23-10-8-7-9-21(23)5)25(29)18-31-17-22-13-11-20(4)12-14-22/h7-14,19,24H,6,15-18H2,1-5H3,(H,27,30). The number of aryl methyl sites for hydroxylation is 2. The highest BCUT2D eigenvalue weighted by Crippen LogP contribution is 2.19. The number of nitrogens with one attached hydrogen (secondary N) is 1. The van der Waals surface area contributed by atoms with Gasteiger partial charge >= 0.3 is 0 Å². The third-order valence-electron chi connectivity index (χ3n) is 5.29. The van der Waals surface area contributed by atoms with Crippen molar-refractivity contribution >= 4 is 23.6 Å². The van der Waals surface area contributed by atoms with E-state index in [9.17, 15) is 9.59 Å². The zero-order chi connectivity index (χ0) is 22.8. The van der Waals surface area contributed by atoms with Crippen molar-refractivity contribution < 1.29 is 9.59 Å². The van der Waals surface area contributed by atoms with Gasteiger partial charge in [0.2, 0.25) is 11.8 Å². The van der Waals surface area contributed by atoms with Gasteiger partial charge in [-0.3, -0.25) is 9.59 Å². The van der Waals surface area contributed by atoms with Gasteiger partial charge in [-0.2, -0.15) is 0 Å². The minimum absolute atomic E-state index is 0.00640. The lowest BCUT2D eigenvalue weighted by Crippen LogP contribution is -2.50. The zero-order valence-electron chi connectivity index (χ0n) is 19.5. The molecule has 5 heteroatoms. The Morgan fingerprint density at radius 3 is 2.32 bits per heavy atom. The first-order valence-electron chi connectivity index (χ1n) is 11.1. The molecule has 1 atom stereocenters. The Hall–Kier alpha value is -2.27. The van der Waals surface area contributed by atoms with E-state index in [1.807, 2.05) is 38.1 Å². The number of rotatable bonds is 11. The van der Waals surface area contributed by atoms with Crippen molar-refractivity contribution in [3.8, 4) is 0 Å². The number of thioether (sulfide) groups is 1. The fraction of sp³-hybridized carbons (Fsp3) is 0.462. The first kappa shape index (κ1) is 25.0. The van der Waals surface area contributed by atoms with E-state index in [0.717, 1.165) is 16.9 Å². The number of carbonyl (C=O) groups excluding carboxylic acids is 2. The summed E-state index contributed by atoms with van der Waals surface area (Å²) in [4.78, 5) is 28.0. The third kappa shape index (κ3) is 8.06. The predicted molar refractivity (Wildman–Crippen MR) is 131 cm³/mol. The molecule has 2 amide bonds. The highest BCUT2D eigenvalue weighted by atomic mass is 32.2. The van der Waals surface area contributed by atoms with Gasteiger partial charge in [-0.25, -0.2) is 0 Å². The Bertz CT molecular complexity index is 849. The zero-order valence-corrected chi connectivity index (χ0v) is 20.3. The lowest BCUT2D eigenvalue weighted by molar-refractivity contribution is -0.139. The van der Waals surface area contributed by atoms with Crippen molar-refractivity contribution in [3.05, 3.63) is 70.8 Å². The van der Waals surface area contributed by atoms with Gasteiger partial charge in [0.1, 0.15) is 6.04 Å². The number of nitrogens with zero attached hydrogens (tertiary/aromatic N) is 1. The van der Waals surface area contributed by atoms with E-state index in [1.54, 1.807) is 16.7 Å². The van der Waals surface area contributed by atoms with Crippen LogP contribution in [0.4, 0.5) is 0 Å². The fourth-order valence-corrected chi connectivity index (χ4v) is 4.21. The quantitative estimate of drug-likeness (QED) is 0.528. The molecule has 0 aliphatic rings. The number of benzene rings is 2. The Balaban J connectivity index is 2.12. The fourth-order valence-electron chi connectivity index (χ4n) is 3.34. The van der Waals surface area contributed by atoms with Gasteiger partial charge in [0.25, 0.3) is 0 Å². The molecule has 1 unspecified atom stereocenters. The molecule has 0 saturated heterocycles. The molecule has 0 fully saturated rings. The van der Waals surface area contributed by atoms with Crippen LogP contribution in [-0.2, 0) is 21.9 Å². The molecule has 0 spiro atoms. The second-order valence-electron chi connectivity index (χ2n) is 8.49. The molecule has 4 nitrogen and oxygen atoms in total. The number of amides is 2. The molecular formula is C26H36N2O2S. The maximum Gasteiger partial charge on any atom is 0.242 e. The highest BCUT2D eigenvalue weighted by molar-refractivity contribution is 7.99. The molecule has 168 valence electrons. The first-order chi connectivity index (χ1) is 14.8. The topological polar surface area (TPSA) is 49.4 Å². The van der Waals surface area contributed by atoms with E-state index < -0.39 is 6.04 Å². The van der Waals surface area contributed by atoms with Crippen LogP contribution in [0, 0.1) is 19.8 Å². The number of hydrogen-bond acceptors (Lipinski definition) is 3. The van der Waals surface area contributed by atoms with Crippen molar-refractivity contribution in [1.82, 2.24) is 10.2 Å². The summed E-state index contributed by atoms with van der Waals surface area (Å²) in [6.45, 7) is 11.3. The van der Waals surface area contributed by atoms with Crippen molar-refractivity contribution in [2.45, 2.75) is 59.4 Å². The van der Waals surface area contributed by atoms with Gasteiger partial charge in [-0.05, 0) is 42.9 Å². The molecule has 0 aliphatic carbocycles. The van der Waals surface area contributed by atoms with Crippen molar-refractivity contribution in [2.24, 2.45) is 5.92 Å².